The van der Waals surface area contributed by atoms with E-state index in [-0.39, 0.29) is 11.9 Å². The first kappa shape index (κ1) is 16.1. The standard InChI is InChI=1S/C16H21N7O/c1-12(2)21-14-10-13(19-11-20-14)15(24)22-6-8-23(9-7-22)16-17-4-3-5-18-16/h3-5,10-12H,6-9H2,1-2H3,(H,19,20,21). The van der Waals surface area contributed by atoms with Crippen molar-refractivity contribution < 1.29 is 4.79 Å². The second-order valence-electron chi connectivity index (χ2n) is 5.92. The molecule has 24 heavy (non-hydrogen) atoms. The Labute approximate surface area is 141 Å². The van der Waals surface area contributed by atoms with Gasteiger partial charge in [-0.15, -0.1) is 0 Å². The average molecular weight is 327 g/mol. The fraction of sp³-hybridized carbons (Fsp3) is 0.438. The summed E-state index contributed by atoms with van der Waals surface area (Å²) in [5.74, 6) is 1.30. The van der Waals surface area contributed by atoms with Crippen molar-refractivity contribution in [1.82, 2.24) is 24.8 Å². The van der Waals surface area contributed by atoms with Gasteiger partial charge in [-0.2, -0.15) is 0 Å². The highest BCUT2D eigenvalue weighted by atomic mass is 16.2. The Balaban J connectivity index is 1.63. The molecule has 0 aliphatic carbocycles. The number of aromatic nitrogens is 4. The van der Waals surface area contributed by atoms with Crippen molar-refractivity contribution in [3.63, 3.8) is 0 Å². The number of amides is 1. The molecule has 8 nitrogen and oxygen atoms in total. The molecule has 8 heteroatoms. The van der Waals surface area contributed by atoms with Crippen LogP contribution in [0.25, 0.3) is 0 Å². The third-order valence-electron chi connectivity index (χ3n) is 3.72. The van der Waals surface area contributed by atoms with Crippen LogP contribution in [0.5, 0.6) is 0 Å². The lowest BCUT2D eigenvalue weighted by atomic mass is 10.2. The summed E-state index contributed by atoms with van der Waals surface area (Å²) < 4.78 is 0. The Morgan fingerprint density at radius 3 is 2.46 bits per heavy atom. The van der Waals surface area contributed by atoms with E-state index in [0.29, 0.717) is 43.6 Å². The van der Waals surface area contributed by atoms with Crippen molar-refractivity contribution in [2.75, 3.05) is 36.4 Å². The number of anilines is 2. The van der Waals surface area contributed by atoms with Crippen LogP contribution in [0.15, 0.2) is 30.9 Å². The summed E-state index contributed by atoms with van der Waals surface area (Å²) >= 11 is 0. The number of rotatable bonds is 4. The molecule has 1 aliphatic heterocycles. The van der Waals surface area contributed by atoms with Gasteiger partial charge in [0.25, 0.3) is 5.91 Å². The van der Waals surface area contributed by atoms with Crippen LogP contribution in [0.1, 0.15) is 24.3 Å². The van der Waals surface area contributed by atoms with E-state index in [1.165, 1.54) is 6.33 Å². The van der Waals surface area contributed by atoms with Gasteiger partial charge in [-0.05, 0) is 19.9 Å². The maximum atomic E-state index is 12.6. The molecule has 1 saturated heterocycles. The van der Waals surface area contributed by atoms with Crippen molar-refractivity contribution in [2.45, 2.75) is 19.9 Å². The zero-order valence-corrected chi connectivity index (χ0v) is 13.9. The molecule has 126 valence electrons. The number of hydrogen-bond donors (Lipinski definition) is 1. The van der Waals surface area contributed by atoms with Crippen molar-refractivity contribution in [1.29, 1.82) is 0 Å². The van der Waals surface area contributed by atoms with E-state index in [9.17, 15) is 4.79 Å². The van der Waals surface area contributed by atoms with E-state index in [4.69, 9.17) is 0 Å². The van der Waals surface area contributed by atoms with Crippen LogP contribution in [0.2, 0.25) is 0 Å². The van der Waals surface area contributed by atoms with Crippen LogP contribution in [0.4, 0.5) is 11.8 Å². The van der Waals surface area contributed by atoms with Crippen LogP contribution < -0.4 is 10.2 Å². The van der Waals surface area contributed by atoms with E-state index >= 15 is 0 Å². The molecule has 2 aromatic heterocycles. The number of hydrogen-bond acceptors (Lipinski definition) is 7. The molecular weight excluding hydrogens is 306 g/mol. The van der Waals surface area contributed by atoms with Crippen LogP contribution >= 0.6 is 0 Å². The lowest BCUT2D eigenvalue weighted by Crippen LogP contribution is -2.49. The van der Waals surface area contributed by atoms with Crippen molar-refractivity contribution in [2.24, 2.45) is 0 Å². The molecule has 1 N–H and O–H groups in total. The monoisotopic (exact) mass is 327 g/mol. The van der Waals surface area contributed by atoms with Crippen molar-refractivity contribution in [3.8, 4) is 0 Å². The summed E-state index contributed by atoms with van der Waals surface area (Å²) in [6.07, 6.45) is 4.88. The van der Waals surface area contributed by atoms with Gasteiger partial charge in [0.15, 0.2) is 0 Å². The molecule has 2 aromatic rings. The smallest absolute Gasteiger partial charge is 0.272 e. The summed E-state index contributed by atoms with van der Waals surface area (Å²) in [6.45, 7) is 6.70. The average Bonchev–Trinajstić information content (AvgIpc) is 2.62. The van der Waals surface area contributed by atoms with E-state index in [0.717, 1.165) is 0 Å². The maximum absolute atomic E-state index is 12.6. The minimum Gasteiger partial charge on any atom is -0.368 e. The fourth-order valence-electron chi connectivity index (χ4n) is 2.58. The van der Waals surface area contributed by atoms with Gasteiger partial charge in [0.05, 0.1) is 0 Å². The Bertz CT molecular complexity index is 684. The SMILES string of the molecule is CC(C)Nc1cc(C(=O)N2CCN(c3ncccn3)CC2)ncn1. The first-order valence-electron chi connectivity index (χ1n) is 8.03. The summed E-state index contributed by atoms with van der Waals surface area (Å²) in [4.78, 5) is 33.3. The molecule has 1 fully saturated rings. The number of piperazine rings is 1. The first-order valence-corrected chi connectivity index (χ1v) is 8.03. The van der Waals surface area contributed by atoms with Crippen LogP contribution in [-0.4, -0.2) is 63.0 Å². The lowest BCUT2D eigenvalue weighted by Gasteiger charge is -2.34. The molecule has 0 unspecified atom stereocenters. The van der Waals surface area contributed by atoms with Gasteiger partial charge >= 0.3 is 0 Å². The highest BCUT2D eigenvalue weighted by Crippen LogP contribution is 2.13. The largest absolute Gasteiger partial charge is 0.368 e. The fourth-order valence-corrected chi connectivity index (χ4v) is 2.58. The molecule has 1 amide bonds. The number of nitrogens with one attached hydrogen (secondary N) is 1. The Morgan fingerprint density at radius 1 is 1.08 bits per heavy atom. The van der Waals surface area contributed by atoms with Crippen molar-refractivity contribution in [3.05, 3.63) is 36.5 Å². The minimum absolute atomic E-state index is 0.0714. The molecular formula is C16H21N7O. The lowest BCUT2D eigenvalue weighted by molar-refractivity contribution is 0.0740. The number of carbonyl (C=O) groups is 1. The molecule has 0 bridgehead atoms. The number of carbonyl (C=O) groups excluding carboxylic acids is 1. The molecule has 0 radical (unpaired) electrons. The van der Waals surface area contributed by atoms with E-state index in [1.54, 1.807) is 29.4 Å². The predicted molar refractivity (Wildman–Crippen MR) is 90.9 cm³/mol. The molecule has 0 saturated carbocycles. The Kier molecular flexibility index (Phi) is 4.83. The Hall–Kier alpha value is -2.77. The maximum Gasteiger partial charge on any atom is 0.272 e. The van der Waals surface area contributed by atoms with E-state index < -0.39 is 0 Å². The quantitative estimate of drug-likeness (QED) is 0.898. The molecule has 3 heterocycles. The van der Waals surface area contributed by atoms with Gasteiger partial charge in [0.2, 0.25) is 5.95 Å². The second kappa shape index (κ2) is 7.20. The summed E-state index contributed by atoms with van der Waals surface area (Å²) in [5, 5.41) is 3.18. The zero-order valence-electron chi connectivity index (χ0n) is 13.9. The van der Waals surface area contributed by atoms with E-state index in [2.05, 4.69) is 30.2 Å². The minimum atomic E-state index is -0.0714. The van der Waals surface area contributed by atoms with Gasteiger partial charge in [-0.1, -0.05) is 0 Å². The Morgan fingerprint density at radius 2 is 1.79 bits per heavy atom. The topological polar surface area (TPSA) is 87.1 Å². The van der Waals surface area contributed by atoms with Gasteiger partial charge in [-0.3, -0.25) is 4.79 Å². The summed E-state index contributed by atoms with van der Waals surface area (Å²) in [7, 11) is 0. The molecule has 3 rings (SSSR count). The second-order valence-corrected chi connectivity index (χ2v) is 5.92. The van der Waals surface area contributed by atoms with Crippen LogP contribution in [0.3, 0.4) is 0 Å². The first-order chi connectivity index (χ1) is 11.6. The van der Waals surface area contributed by atoms with Crippen LogP contribution in [0, 0.1) is 0 Å². The zero-order chi connectivity index (χ0) is 16.9. The summed E-state index contributed by atoms with van der Waals surface area (Å²) in [5.41, 5.74) is 0.414. The van der Waals surface area contributed by atoms with Crippen molar-refractivity contribution >= 4 is 17.7 Å². The molecule has 0 spiro atoms. The van der Waals surface area contributed by atoms with Gasteiger partial charge < -0.3 is 15.1 Å². The molecule has 0 aromatic carbocycles. The third-order valence-corrected chi connectivity index (χ3v) is 3.72. The van der Waals surface area contributed by atoms with Gasteiger partial charge in [-0.25, -0.2) is 19.9 Å². The number of nitrogens with zero attached hydrogens (tertiary/aromatic N) is 6. The molecule has 0 atom stereocenters. The third kappa shape index (κ3) is 3.76. The van der Waals surface area contributed by atoms with Gasteiger partial charge in [0.1, 0.15) is 17.8 Å². The highest BCUT2D eigenvalue weighted by Gasteiger charge is 2.24. The normalized spacial score (nSPS) is 14.8. The van der Waals surface area contributed by atoms with E-state index in [1.807, 2.05) is 13.8 Å². The van der Waals surface area contributed by atoms with Gasteiger partial charge in [0, 0.05) is 50.7 Å². The predicted octanol–water partition coefficient (Wildman–Crippen LogP) is 1.05. The molecule has 1 aliphatic rings. The summed E-state index contributed by atoms with van der Waals surface area (Å²) in [6, 6.07) is 3.74. The van der Waals surface area contributed by atoms with Crippen LogP contribution in [-0.2, 0) is 0 Å². The highest BCUT2D eigenvalue weighted by molar-refractivity contribution is 5.93.